The van der Waals surface area contributed by atoms with E-state index in [1.165, 1.54) is 11.6 Å². The smallest absolute Gasteiger partial charge is 0.244 e. The minimum atomic E-state index is -3.76. The summed E-state index contributed by atoms with van der Waals surface area (Å²) in [5.41, 5.74) is 8.26. The number of sulfonamides is 1. The highest BCUT2D eigenvalue weighted by Gasteiger charge is 2.25. The summed E-state index contributed by atoms with van der Waals surface area (Å²) in [6, 6.07) is 12.3. The van der Waals surface area contributed by atoms with Crippen LogP contribution in [0.2, 0.25) is 0 Å². The van der Waals surface area contributed by atoms with Gasteiger partial charge in [0.2, 0.25) is 10.0 Å². The van der Waals surface area contributed by atoms with E-state index in [4.69, 9.17) is 15.2 Å². The minimum Gasteiger partial charge on any atom is -0.486 e. The molecule has 0 spiro atoms. The number of nitrogens with two attached hydrogens (primary N) is 1. The molecule has 0 fully saturated rings. The Morgan fingerprint density at radius 1 is 1.04 bits per heavy atom. The van der Waals surface area contributed by atoms with Crippen molar-refractivity contribution in [1.29, 1.82) is 0 Å². The van der Waals surface area contributed by atoms with Gasteiger partial charge in [0.15, 0.2) is 11.5 Å². The Balaban J connectivity index is 1.72. The van der Waals surface area contributed by atoms with Gasteiger partial charge in [0.05, 0.1) is 0 Å². The van der Waals surface area contributed by atoms with E-state index >= 15 is 0 Å². The molecule has 2 aromatic rings. The number of ether oxygens (including phenoxy) is 2. The zero-order chi connectivity index (χ0) is 18.7. The highest BCUT2D eigenvalue weighted by molar-refractivity contribution is 7.89. The van der Waals surface area contributed by atoms with E-state index in [9.17, 15) is 8.42 Å². The largest absolute Gasteiger partial charge is 0.486 e. The molecule has 0 amide bonds. The van der Waals surface area contributed by atoms with Gasteiger partial charge in [0.25, 0.3) is 0 Å². The highest BCUT2D eigenvalue weighted by Crippen LogP contribution is 2.36. The number of nitrogens with one attached hydrogen (secondary N) is 1. The summed E-state index contributed by atoms with van der Waals surface area (Å²) in [6.45, 7) is 5.06. The van der Waals surface area contributed by atoms with Crippen LogP contribution in [0.5, 0.6) is 11.5 Å². The highest BCUT2D eigenvalue weighted by atomic mass is 32.2. The summed E-state index contributed by atoms with van der Waals surface area (Å²) in [5.74, 6) is 1.12. The summed E-state index contributed by atoms with van der Waals surface area (Å²) < 4.78 is 38.9. The first kappa shape index (κ1) is 18.7. The third-order valence-electron chi connectivity index (χ3n) is 4.34. The second-order valence-electron chi connectivity index (χ2n) is 6.56. The fourth-order valence-electron chi connectivity index (χ4n) is 2.78. The molecule has 26 heavy (non-hydrogen) atoms. The minimum absolute atomic E-state index is 0.0667. The lowest BCUT2D eigenvalue weighted by Gasteiger charge is -2.21. The monoisotopic (exact) mass is 376 g/mol. The molecule has 1 aliphatic heterocycles. The summed E-state index contributed by atoms with van der Waals surface area (Å²) in [4.78, 5) is 0.0667. The number of hydrogen-bond donors (Lipinski definition) is 2. The Morgan fingerprint density at radius 3 is 2.38 bits per heavy atom. The Hall–Kier alpha value is -2.09. The average Bonchev–Trinajstić information content (AvgIpc) is 2.65. The SMILES string of the molecule is CC(C)c1ccc(C(N)CNS(=O)(=O)c2cccc3c2OCCO3)cc1. The van der Waals surface area contributed by atoms with E-state index in [0.29, 0.717) is 24.9 Å². The van der Waals surface area contributed by atoms with Gasteiger partial charge in [0.1, 0.15) is 18.1 Å². The molecule has 0 aliphatic carbocycles. The van der Waals surface area contributed by atoms with Gasteiger partial charge < -0.3 is 15.2 Å². The molecule has 1 unspecified atom stereocenters. The molecule has 1 heterocycles. The molecule has 1 atom stereocenters. The van der Waals surface area contributed by atoms with Gasteiger partial charge in [-0.25, -0.2) is 13.1 Å². The quantitative estimate of drug-likeness (QED) is 0.809. The van der Waals surface area contributed by atoms with Crippen molar-refractivity contribution in [3.8, 4) is 11.5 Å². The van der Waals surface area contributed by atoms with Gasteiger partial charge in [-0.2, -0.15) is 0 Å². The van der Waals surface area contributed by atoms with Gasteiger partial charge >= 0.3 is 0 Å². The van der Waals surface area contributed by atoms with Crippen LogP contribution >= 0.6 is 0 Å². The van der Waals surface area contributed by atoms with Gasteiger partial charge in [-0.05, 0) is 29.2 Å². The predicted octanol–water partition coefficient (Wildman–Crippen LogP) is 2.56. The molecule has 7 heteroatoms. The van der Waals surface area contributed by atoms with Crippen molar-refractivity contribution in [1.82, 2.24) is 4.72 Å². The second-order valence-corrected chi connectivity index (χ2v) is 8.30. The van der Waals surface area contributed by atoms with E-state index in [1.54, 1.807) is 12.1 Å². The molecule has 0 radical (unpaired) electrons. The van der Waals surface area contributed by atoms with Crippen LogP contribution in [0.15, 0.2) is 47.4 Å². The molecule has 0 bridgehead atoms. The molecular formula is C19H24N2O4S. The molecule has 3 rings (SSSR count). The van der Waals surface area contributed by atoms with Gasteiger partial charge in [-0.3, -0.25) is 0 Å². The number of rotatable bonds is 6. The van der Waals surface area contributed by atoms with Crippen LogP contribution in [-0.2, 0) is 10.0 Å². The molecule has 1 aliphatic rings. The maximum absolute atomic E-state index is 12.7. The summed E-state index contributed by atoms with van der Waals surface area (Å²) >= 11 is 0. The summed E-state index contributed by atoms with van der Waals surface area (Å²) in [6.07, 6.45) is 0. The van der Waals surface area contributed by atoms with Gasteiger partial charge in [-0.15, -0.1) is 0 Å². The van der Waals surface area contributed by atoms with Crippen LogP contribution < -0.4 is 19.9 Å². The number of benzene rings is 2. The fourth-order valence-corrected chi connectivity index (χ4v) is 4.00. The first-order valence-electron chi connectivity index (χ1n) is 8.62. The van der Waals surface area contributed by atoms with E-state index < -0.39 is 16.1 Å². The Morgan fingerprint density at radius 2 is 1.69 bits per heavy atom. The van der Waals surface area contributed by atoms with Crippen LogP contribution in [0, 0.1) is 0 Å². The summed E-state index contributed by atoms with van der Waals surface area (Å²) in [7, 11) is -3.76. The molecule has 0 saturated heterocycles. The van der Waals surface area contributed by atoms with Crippen LogP contribution in [-0.4, -0.2) is 28.2 Å². The van der Waals surface area contributed by atoms with Crippen LogP contribution in [0.25, 0.3) is 0 Å². The van der Waals surface area contributed by atoms with Crippen LogP contribution in [0.3, 0.4) is 0 Å². The molecule has 6 nitrogen and oxygen atoms in total. The van der Waals surface area contributed by atoms with Crippen molar-refractivity contribution >= 4 is 10.0 Å². The molecule has 3 N–H and O–H groups in total. The van der Waals surface area contributed by atoms with Crippen LogP contribution in [0.4, 0.5) is 0 Å². The number of fused-ring (bicyclic) bond motifs is 1. The van der Waals surface area contributed by atoms with Crippen molar-refractivity contribution in [2.45, 2.75) is 30.7 Å². The zero-order valence-electron chi connectivity index (χ0n) is 14.9. The van der Waals surface area contributed by atoms with Crippen molar-refractivity contribution in [3.63, 3.8) is 0 Å². The van der Waals surface area contributed by atoms with E-state index in [2.05, 4.69) is 18.6 Å². The third kappa shape index (κ3) is 4.00. The molecule has 0 aromatic heterocycles. The molecule has 0 saturated carbocycles. The first-order chi connectivity index (χ1) is 12.4. The standard InChI is InChI=1S/C19H24N2O4S/c1-13(2)14-6-8-15(9-7-14)16(20)12-21-26(22,23)18-5-3-4-17-19(18)25-11-10-24-17/h3-9,13,16,21H,10-12,20H2,1-2H3. The topological polar surface area (TPSA) is 90.7 Å². The second kappa shape index (κ2) is 7.65. The Labute approximate surface area is 154 Å². The zero-order valence-corrected chi connectivity index (χ0v) is 15.8. The Kier molecular flexibility index (Phi) is 5.50. The molecule has 140 valence electrons. The predicted molar refractivity (Wildman–Crippen MR) is 100 cm³/mol. The first-order valence-corrected chi connectivity index (χ1v) is 10.1. The fraction of sp³-hybridized carbons (Fsp3) is 0.368. The van der Waals surface area contributed by atoms with Crippen molar-refractivity contribution in [2.75, 3.05) is 19.8 Å². The third-order valence-corrected chi connectivity index (χ3v) is 5.79. The van der Waals surface area contributed by atoms with E-state index in [-0.39, 0.29) is 17.2 Å². The molecule has 2 aromatic carbocycles. The molecular weight excluding hydrogens is 352 g/mol. The van der Waals surface area contributed by atoms with E-state index in [0.717, 1.165) is 5.56 Å². The average molecular weight is 376 g/mol. The van der Waals surface area contributed by atoms with Crippen molar-refractivity contribution in [3.05, 3.63) is 53.6 Å². The lowest BCUT2D eigenvalue weighted by atomic mass is 9.99. The van der Waals surface area contributed by atoms with Crippen molar-refractivity contribution in [2.24, 2.45) is 5.73 Å². The van der Waals surface area contributed by atoms with Crippen LogP contribution in [0.1, 0.15) is 36.9 Å². The summed E-state index contributed by atoms with van der Waals surface area (Å²) in [5, 5.41) is 0. The lowest BCUT2D eigenvalue weighted by Crippen LogP contribution is -2.32. The Bertz CT molecular complexity index is 864. The lowest BCUT2D eigenvalue weighted by molar-refractivity contribution is 0.167. The van der Waals surface area contributed by atoms with Crippen molar-refractivity contribution < 1.29 is 17.9 Å². The maximum atomic E-state index is 12.7. The number of para-hydroxylation sites is 1. The van der Waals surface area contributed by atoms with Gasteiger partial charge in [-0.1, -0.05) is 44.2 Å². The van der Waals surface area contributed by atoms with E-state index in [1.807, 2.05) is 24.3 Å². The van der Waals surface area contributed by atoms with Gasteiger partial charge in [0, 0.05) is 12.6 Å². The maximum Gasteiger partial charge on any atom is 0.244 e. The number of hydrogen-bond acceptors (Lipinski definition) is 5. The normalized spacial score (nSPS) is 15.1.